The highest BCUT2D eigenvalue weighted by Crippen LogP contribution is 2.24. The molecule has 2 aromatic carbocycles. The third-order valence-electron chi connectivity index (χ3n) is 3.97. The summed E-state index contributed by atoms with van der Waals surface area (Å²) < 4.78 is 17.6. The van der Waals surface area contributed by atoms with Crippen molar-refractivity contribution in [3.05, 3.63) is 81.5 Å². The van der Waals surface area contributed by atoms with Gasteiger partial charge in [0.05, 0.1) is 13.2 Å². The van der Waals surface area contributed by atoms with E-state index in [1.54, 1.807) is 12.1 Å². The zero-order valence-electron chi connectivity index (χ0n) is 14.1. The Labute approximate surface area is 146 Å². The number of hydrogen-bond donors (Lipinski definition) is 0. The number of carbonyl (C=O) groups is 1. The van der Waals surface area contributed by atoms with Gasteiger partial charge in [0.1, 0.15) is 5.82 Å². The smallest absolute Gasteiger partial charge is 0.305 e. The van der Waals surface area contributed by atoms with Crippen LogP contribution in [0.25, 0.3) is 10.4 Å². The molecule has 1 atom stereocenters. The van der Waals surface area contributed by atoms with Crippen LogP contribution in [0, 0.1) is 5.82 Å². The van der Waals surface area contributed by atoms with Gasteiger partial charge in [0.25, 0.3) is 0 Å². The average molecular weight is 341 g/mol. The molecule has 0 aliphatic rings. The number of halogens is 1. The first-order valence-corrected chi connectivity index (χ1v) is 8.06. The van der Waals surface area contributed by atoms with Crippen molar-refractivity contribution in [3.8, 4) is 0 Å². The minimum absolute atomic E-state index is 0.209. The summed E-state index contributed by atoms with van der Waals surface area (Å²) in [6.07, 6.45) is 2.40. The summed E-state index contributed by atoms with van der Waals surface area (Å²) in [7, 11) is 1.38. The second kappa shape index (κ2) is 9.45. The molecule has 5 nitrogen and oxygen atoms in total. The van der Waals surface area contributed by atoms with E-state index in [4.69, 9.17) is 5.53 Å². The molecule has 0 aromatic heterocycles. The molecule has 0 saturated carbocycles. The minimum Gasteiger partial charge on any atom is -0.469 e. The van der Waals surface area contributed by atoms with E-state index in [-0.39, 0.29) is 17.8 Å². The Hall–Kier alpha value is -2.85. The molecule has 6 heteroatoms. The van der Waals surface area contributed by atoms with Gasteiger partial charge < -0.3 is 4.74 Å². The number of carbonyl (C=O) groups excluding carboxylic acids is 1. The minimum atomic E-state index is -0.348. The summed E-state index contributed by atoms with van der Waals surface area (Å²) in [6.45, 7) is 0. The Balaban J connectivity index is 2.02. The van der Waals surface area contributed by atoms with Crippen molar-refractivity contribution in [1.29, 1.82) is 0 Å². The van der Waals surface area contributed by atoms with Crippen molar-refractivity contribution in [2.24, 2.45) is 5.11 Å². The predicted octanol–water partition coefficient (Wildman–Crippen LogP) is 4.92. The summed E-state index contributed by atoms with van der Waals surface area (Å²) in [5.41, 5.74) is 11.7. The van der Waals surface area contributed by atoms with Crippen LogP contribution in [0.15, 0.2) is 53.6 Å². The molecular weight excluding hydrogens is 321 g/mol. The highest BCUT2D eigenvalue weighted by Gasteiger charge is 2.11. The lowest BCUT2D eigenvalue weighted by Crippen LogP contribution is -2.01. The Morgan fingerprint density at radius 2 is 1.80 bits per heavy atom. The second-order valence-corrected chi connectivity index (χ2v) is 5.72. The van der Waals surface area contributed by atoms with Crippen LogP contribution in [0.5, 0.6) is 0 Å². The van der Waals surface area contributed by atoms with E-state index in [9.17, 15) is 9.18 Å². The first-order chi connectivity index (χ1) is 12.1. The number of ether oxygens (including phenoxy) is 1. The largest absolute Gasteiger partial charge is 0.469 e. The molecule has 0 fully saturated rings. The lowest BCUT2D eigenvalue weighted by molar-refractivity contribution is -0.140. The zero-order valence-corrected chi connectivity index (χ0v) is 14.1. The fourth-order valence-corrected chi connectivity index (χ4v) is 2.58. The molecule has 0 spiro atoms. The SMILES string of the molecule is COC(=O)CCCc1ccc(C(Cc2ccc(F)cc2)N=[N+]=[N-])cc1. The molecule has 0 saturated heterocycles. The Morgan fingerprint density at radius 3 is 2.40 bits per heavy atom. The van der Waals surface area contributed by atoms with Gasteiger partial charge in [-0.25, -0.2) is 4.39 Å². The molecule has 2 aromatic rings. The number of hydrogen-bond acceptors (Lipinski definition) is 3. The lowest BCUT2D eigenvalue weighted by atomic mass is 9.97. The van der Waals surface area contributed by atoms with Gasteiger partial charge in [-0.2, -0.15) is 0 Å². The topological polar surface area (TPSA) is 75.1 Å². The van der Waals surface area contributed by atoms with Crippen molar-refractivity contribution >= 4 is 5.97 Å². The molecule has 0 radical (unpaired) electrons. The van der Waals surface area contributed by atoms with Gasteiger partial charge >= 0.3 is 5.97 Å². The predicted molar refractivity (Wildman–Crippen MR) is 93.4 cm³/mol. The van der Waals surface area contributed by atoms with E-state index in [2.05, 4.69) is 14.8 Å². The van der Waals surface area contributed by atoms with Crippen LogP contribution in [-0.4, -0.2) is 13.1 Å². The highest BCUT2D eigenvalue weighted by atomic mass is 19.1. The summed E-state index contributed by atoms with van der Waals surface area (Å²) in [5.74, 6) is -0.500. The number of aryl methyl sites for hydroxylation is 1. The first-order valence-electron chi connectivity index (χ1n) is 8.06. The average Bonchev–Trinajstić information content (AvgIpc) is 2.63. The maximum atomic E-state index is 13.0. The van der Waals surface area contributed by atoms with Gasteiger partial charge in [-0.3, -0.25) is 4.79 Å². The van der Waals surface area contributed by atoms with Gasteiger partial charge in [0.2, 0.25) is 0 Å². The maximum Gasteiger partial charge on any atom is 0.305 e. The molecule has 0 aliphatic heterocycles. The third-order valence-corrected chi connectivity index (χ3v) is 3.97. The quantitative estimate of drug-likeness (QED) is 0.296. The molecule has 1 unspecified atom stereocenters. The maximum absolute atomic E-state index is 13.0. The molecule has 2 rings (SSSR count). The standard InChI is InChI=1S/C19H20FN3O2/c1-25-19(24)4-2-3-14-5-9-16(10-6-14)18(22-23-21)13-15-7-11-17(20)12-8-15/h5-12,18H,2-4,13H2,1H3. The summed E-state index contributed by atoms with van der Waals surface area (Å²) in [6, 6.07) is 13.6. The molecule has 0 N–H and O–H groups in total. The number of methoxy groups -OCH3 is 1. The number of esters is 1. The second-order valence-electron chi connectivity index (χ2n) is 5.72. The van der Waals surface area contributed by atoms with Crippen LogP contribution in [0.4, 0.5) is 4.39 Å². The normalized spacial score (nSPS) is 11.4. The van der Waals surface area contributed by atoms with E-state index < -0.39 is 0 Å². The van der Waals surface area contributed by atoms with E-state index in [1.807, 2.05) is 24.3 Å². The van der Waals surface area contributed by atoms with Gasteiger partial charge in [0, 0.05) is 11.3 Å². The van der Waals surface area contributed by atoms with E-state index in [1.165, 1.54) is 19.2 Å². The van der Waals surface area contributed by atoms with Crippen LogP contribution in [0.1, 0.15) is 35.6 Å². The van der Waals surface area contributed by atoms with Gasteiger partial charge in [-0.05, 0) is 53.6 Å². The fourth-order valence-electron chi connectivity index (χ4n) is 2.58. The van der Waals surface area contributed by atoms with Gasteiger partial charge in [-0.1, -0.05) is 41.5 Å². The first kappa shape index (κ1) is 18.5. The van der Waals surface area contributed by atoms with Gasteiger partial charge in [-0.15, -0.1) is 0 Å². The Morgan fingerprint density at radius 1 is 1.16 bits per heavy atom. The van der Waals surface area contributed by atoms with Crippen molar-refractivity contribution in [1.82, 2.24) is 0 Å². The molecular formula is C19H20FN3O2. The van der Waals surface area contributed by atoms with E-state index >= 15 is 0 Å². The van der Waals surface area contributed by atoms with Crippen molar-refractivity contribution in [2.75, 3.05) is 7.11 Å². The molecule has 130 valence electrons. The van der Waals surface area contributed by atoms with Crippen LogP contribution >= 0.6 is 0 Å². The fraction of sp³-hybridized carbons (Fsp3) is 0.316. The summed E-state index contributed by atoms with van der Waals surface area (Å²) >= 11 is 0. The number of benzene rings is 2. The molecule has 0 amide bonds. The van der Waals surface area contributed by atoms with Crippen LogP contribution in [0.3, 0.4) is 0 Å². The highest BCUT2D eigenvalue weighted by molar-refractivity contribution is 5.69. The van der Waals surface area contributed by atoms with Crippen LogP contribution in [0.2, 0.25) is 0 Å². The van der Waals surface area contributed by atoms with E-state index in [0.717, 1.165) is 29.5 Å². The molecule has 25 heavy (non-hydrogen) atoms. The lowest BCUT2D eigenvalue weighted by Gasteiger charge is -2.12. The third kappa shape index (κ3) is 5.94. The van der Waals surface area contributed by atoms with Gasteiger partial charge in [0.15, 0.2) is 0 Å². The van der Waals surface area contributed by atoms with Crippen molar-refractivity contribution in [3.63, 3.8) is 0 Å². The summed E-state index contributed by atoms with van der Waals surface area (Å²) in [4.78, 5) is 14.0. The molecule has 0 bridgehead atoms. The Kier molecular flexibility index (Phi) is 6.99. The zero-order chi connectivity index (χ0) is 18.1. The van der Waals surface area contributed by atoms with Crippen molar-refractivity contribution < 1.29 is 13.9 Å². The summed E-state index contributed by atoms with van der Waals surface area (Å²) in [5, 5.41) is 3.86. The van der Waals surface area contributed by atoms with Crippen molar-refractivity contribution in [2.45, 2.75) is 31.7 Å². The number of nitrogens with zero attached hydrogens (tertiary/aromatic N) is 3. The van der Waals surface area contributed by atoms with Crippen LogP contribution in [-0.2, 0) is 22.4 Å². The monoisotopic (exact) mass is 341 g/mol. The van der Waals surface area contributed by atoms with E-state index in [0.29, 0.717) is 12.8 Å². The van der Waals surface area contributed by atoms with Crippen LogP contribution < -0.4 is 0 Å². The molecule has 0 aliphatic carbocycles. The number of azide groups is 1. The Bertz CT molecular complexity index is 738. The number of rotatable bonds is 8. The molecule has 0 heterocycles.